The zero-order valence-electron chi connectivity index (χ0n) is 6.02. The van der Waals surface area contributed by atoms with Crippen molar-refractivity contribution in [3.63, 3.8) is 0 Å². The van der Waals surface area contributed by atoms with Crippen LogP contribution in [0.1, 0.15) is 5.56 Å². The van der Waals surface area contributed by atoms with E-state index in [9.17, 15) is 0 Å². The van der Waals surface area contributed by atoms with E-state index in [2.05, 4.69) is 46.4 Å². The molecule has 0 saturated heterocycles. The summed E-state index contributed by atoms with van der Waals surface area (Å²) in [5.74, 6) is 0. The SMILES string of the molecule is Cc1[c]sc2cccc(Br)c12. The Balaban J connectivity index is 2.96. The van der Waals surface area contributed by atoms with Crippen LogP contribution in [0, 0.1) is 12.3 Å². The van der Waals surface area contributed by atoms with Crippen LogP contribution >= 0.6 is 27.3 Å². The Hall–Kier alpha value is -0.340. The van der Waals surface area contributed by atoms with Crippen molar-refractivity contribution in [1.82, 2.24) is 0 Å². The second-order valence-electron chi connectivity index (χ2n) is 2.44. The quantitative estimate of drug-likeness (QED) is 0.641. The highest BCUT2D eigenvalue weighted by atomic mass is 79.9. The largest absolute Gasteiger partial charge is 0.134 e. The van der Waals surface area contributed by atoms with E-state index in [1.165, 1.54) is 20.1 Å². The van der Waals surface area contributed by atoms with Gasteiger partial charge in [0.05, 0.1) is 0 Å². The highest BCUT2D eigenvalue weighted by Crippen LogP contribution is 2.30. The van der Waals surface area contributed by atoms with Crippen LogP contribution < -0.4 is 0 Å². The molecule has 2 rings (SSSR count). The summed E-state index contributed by atoms with van der Waals surface area (Å²) < 4.78 is 2.47. The van der Waals surface area contributed by atoms with Gasteiger partial charge in [-0.3, -0.25) is 0 Å². The molecule has 1 aromatic heterocycles. The van der Waals surface area contributed by atoms with Gasteiger partial charge in [-0.2, -0.15) is 0 Å². The Kier molecular flexibility index (Phi) is 1.74. The monoisotopic (exact) mass is 225 g/mol. The Bertz CT molecular complexity index is 389. The van der Waals surface area contributed by atoms with Crippen molar-refractivity contribution in [2.24, 2.45) is 0 Å². The highest BCUT2D eigenvalue weighted by molar-refractivity contribution is 9.10. The van der Waals surface area contributed by atoms with Crippen molar-refractivity contribution in [2.45, 2.75) is 6.92 Å². The van der Waals surface area contributed by atoms with E-state index in [-0.39, 0.29) is 0 Å². The van der Waals surface area contributed by atoms with E-state index < -0.39 is 0 Å². The molecule has 0 atom stereocenters. The number of hydrogen-bond acceptors (Lipinski definition) is 1. The lowest BCUT2D eigenvalue weighted by atomic mass is 10.2. The number of fused-ring (bicyclic) bond motifs is 1. The molecular formula is C9H6BrS. The zero-order chi connectivity index (χ0) is 7.84. The third-order valence-electron chi connectivity index (χ3n) is 1.66. The number of thiophene rings is 1. The van der Waals surface area contributed by atoms with Gasteiger partial charge in [0.25, 0.3) is 0 Å². The van der Waals surface area contributed by atoms with Crippen molar-refractivity contribution in [2.75, 3.05) is 0 Å². The molecule has 0 spiro atoms. The fraction of sp³-hybridized carbons (Fsp3) is 0.111. The molecule has 0 bridgehead atoms. The number of rotatable bonds is 0. The zero-order valence-corrected chi connectivity index (χ0v) is 8.42. The van der Waals surface area contributed by atoms with Crippen LogP contribution in [0.2, 0.25) is 0 Å². The molecular weight excluding hydrogens is 220 g/mol. The molecule has 0 aliphatic rings. The summed E-state index contributed by atoms with van der Waals surface area (Å²) in [6.07, 6.45) is 0. The number of hydrogen-bond donors (Lipinski definition) is 0. The number of halogens is 1. The summed E-state index contributed by atoms with van der Waals surface area (Å²) in [6.45, 7) is 2.09. The lowest BCUT2D eigenvalue weighted by Crippen LogP contribution is -1.69. The molecule has 0 unspecified atom stereocenters. The standard InChI is InChI=1S/C9H6BrS/c1-6-5-11-8-4-2-3-7(10)9(6)8/h2-4H,1H3. The molecule has 1 heterocycles. The highest BCUT2D eigenvalue weighted by Gasteiger charge is 2.02. The maximum Gasteiger partial charge on any atom is 0.0487 e. The van der Waals surface area contributed by atoms with E-state index in [1.807, 2.05) is 0 Å². The van der Waals surface area contributed by atoms with Gasteiger partial charge >= 0.3 is 0 Å². The van der Waals surface area contributed by atoms with Crippen molar-refractivity contribution >= 4 is 37.4 Å². The molecule has 0 N–H and O–H groups in total. The molecule has 11 heavy (non-hydrogen) atoms. The molecule has 0 aliphatic carbocycles. The first-order chi connectivity index (χ1) is 5.29. The molecule has 0 amide bonds. The van der Waals surface area contributed by atoms with Gasteiger partial charge in [0, 0.05) is 19.9 Å². The van der Waals surface area contributed by atoms with E-state index in [1.54, 1.807) is 11.3 Å². The van der Waals surface area contributed by atoms with Gasteiger partial charge in [0.15, 0.2) is 0 Å². The van der Waals surface area contributed by atoms with Crippen LogP contribution in [-0.4, -0.2) is 0 Å². The maximum atomic E-state index is 3.51. The third kappa shape index (κ3) is 1.10. The molecule has 0 aliphatic heterocycles. The van der Waals surface area contributed by atoms with E-state index in [0.29, 0.717) is 0 Å². The first kappa shape index (κ1) is 7.32. The topological polar surface area (TPSA) is 0 Å². The molecule has 1 aromatic carbocycles. The van der Waals surface area contributed by atoms with Gasteiger partial charge in [0.2, 0.25) is 0 Å². The van der Waals surface area contributed by atoms with E-state index in [0.717, 1.165) is 0 Å². The van der Waals surface area contributed by atoms with E-state index >= 15 is 0 Å². The van der Waals surface area contributed by atoms with Crippen LogP contribution in [0.5, 0.6) is 0 Å². The van der Waals surface area contributed by atoms with Gasteiger partial charge in [0.1, 0.15) is 0 Å². The first-order valence-corrected chi connectivity index (χ1v) is 4.95. The fourth-order valence-electron chi connectivity index (χ4n) is 1.14. The Morgan fingerprint density at radius 1 is 1.45 bits per heavy atom. The Labute approximate surface area is 78.0 Å². The second kappa shape index (κ2) is 2.61. The van der Waals surface area contributed by atoms with Crippen LogP contribution in [0.25, 0.3) is 10.1 Å². The van der Waals surface area contributed by atoms with Crippen LogP contribution in [-0.2, 0) is 0 Å². The predicted molar refractivity (Wildman–Crippen MR) is 53.1 cm³/mol. The second-order valence-corrected chi connectivity index (χ2v) is 4.14. The summed E-state index contributed by atoms with van der Waals surface area (Å²) in [5, 5.41) is 4.53. The Morgan fingerprint density at radius 2 is 2.27 bits per heavy atom. The summed E-state index contributed by atoms with van der Waals surface area (Å²) in [4.78, 5) is 0. The average Bonchev–Trinajstić information content (AvgIpc) is 2.34. The van der Waals surface area contributed by atoms with Crippen molar-refractivity contribution in [1.29, 1.82) is 0 Å². The molecule has 2 aromatic rings. The van der Waals surface area contributed by atoms with Crippen molar-refractivity contribution < 1.29 is 0 Å². The predicted octanol–water partition coefficient (Wildman–Crippen LogP) is 3.77. The molecule has 0 nitrogen and oxygen atoms in total. The van der Waals surface area contributed by atoms with Crippen LogP contribution in [0.15, 0.2) is 22.7 Å². The normalized spacial score (nSPS) is 10.7. The maximum absolute atomic E-state index is 3.51. The average molecular weight is 226 g/mol. The van der Waals surface area contributed by atoms with Crippen LogP contribution in [0.4, 0.5) is 0 Å². The summed E-state index contributed by atoms with van der Waals surface area (Å²) in [6, 6.07) is 6.24. The summed E-state index contributed by atoms with van der Waals surface area (Å²) in [7, 11) is 0. The van der Waals surface area contributed by atoms with Gasteiger partial charge in [-0.15, -0.1) is 11.3 Å². The molecule has 0 saturated carbocycles. The lowest BCUT2D eigenvalue weighted by Gasteiger charge is -1.93. The van der Waals surface area contributed by atoms with Crippen molar-refractivity contribution in [3.05, 3.63) is 33.6 Å². The summed E-state index contributed by atoms with van der Waals surface area (Å²) in [5.41, 5.74) is 1.23. The minimum absolute atomic E-state index is 1.17. The molecule has 2 heteroatoms. The van der Waals surface area contributed by atoms with Gasteiger partial charge < -0.3 is 0 Å². The first-order valence-electron chi connectivity index (χ1n) is 3.34. The smallest absolute Gasteiger partial charge is 0.0487 e. The molecule has 1 radical (unpaired) electrons. The van der Waals surface area contributed by atoms with E-state index in [4.69, 9.17) is 0 Å². The molecule has 0 fully saturated rings. The Morgan fingerprint density at radius 3 is 3.00 bits per heavy atom. The fourth-order valence-corrected chi connectivity index (χ4v) is 2.81. The molecule has 55 valence electrons. The minimum atomic E-state index is 1.17. The van der Waals surface area contributed by atoms with Gasteiger partial charge in [-0.25, -0.2) is 0 Å². The number of aryl methyl sites for hydroxylation is 1. The van der Waals surface area contributed by atoms with Crippen LogP contribution in [0.3, 0.4) is 0 Å². The third-order valence-corrected chi connectivity index (χ3v) is 3.29. The van der Waals surface area contributed by atoms with Gasteiger partial charge in [-0.1, -0.05) is 22.0 Å². The summed E-state index contributed by atoms with van der Waals surface area (Å²) >= 11 is 5.19. The van der Waals surface area contributed by atoms with Gasteiger partial charge in [-0.05, 0) is 24.6 Å². The van der Waals surface area contributed by atoms with Crippen molar-refractivity contribution in [3.8, 4) is 0 Å². The minimum Gasteiger partial charge on any atom is -0.134 e. The number of benzene rings is 1. The lowest BCUT2D eigenvalue weighted by molar-refractivity contribution is 1.58.